The molecule has 4 heteroatoms. The molecule has 0 aromatic carbocycles. The summed E-state index contributed by atoms with van der Waals surface area (Å²) >= 11 is 0. The van der Waals surface area contributed by atoms with Crippen LogP contribution in [0.25, 0.3) is 0 Å². The van der Waals surface area contributed by atoms with Gasteiger partial charge in [-0.2, -0.15) is 0 Å². The normalized spacial score (nSPS) is 0. The largest absolute Gasteiger partial charge is 0.269 e. The fraction of sp³-hybridized carbons (Fsp3) is 0. The molecule has 0 aromatic heterocycles. The van der Waals surface area contributed by atoms with Crippen LogP contribution in [0.1, 0.15) is 0 Å². The van der Waals surface area contributed by atoms with Crippen LogP contribution >= 0.6 is 0 Å². The molecule has 0 aliphatic heterocycles. The summed E-state index contributed by atoms with van der Waals surface area (Å²) in [5, 5.41) is 0. The zero-order chi connectivity index (χ0) is 0. The van der Waals surface area contributed by atoms with Crippen molar-refractivity contribution < 1.29 is 61.8 Å². The van der Waals surface area contributed by atoms with E-state index in [1.165, 1.54) is 0 Å². The SMILES string of the molecule is F.F.[Zr].[Zr]. The van der Waals surface area contributed by atoms with Crippen molar-refractivity contribution in [3.63, 3.8) is 0 Å². The Morgan fingerprint density at radius 2 is 0.500 bits per heavy atom. The first-order chi connectivity index (χ1) is 0. The molecule has 0 unspecified atom stereocenters. The third-order valence-electron chi connectivity index (χ3n) is 0. The fourth-order valence-corrected chi connectivity index (χ4v) is 0. The van der Waals surface area contributed by atoms with E-state index < -0.39 is 0 Å². The van der Waals surface area contributed by atoms with E-state index in [9.17, 15) is 0 Å². The molecular weight excluding hydrogens is 220 g/mol. The van der Waals surface area contributed by atoms with Crippen molar-refractivity contribution in [3.8, 4) is 0 Å². The van der Waals surface area contributed by atoms with Crippen LogP contribution in [-0.4, -0.2) is 0 Å². The zero-order valence-corrected chi connectivity index (χ0v) is 6.73. The minimum atomic E-state index is 0. The van der Waals surface area contributed by atoms with Gasteiger partial charge in [-0.05, 0) is 0 Å². The quantitative estimate of drug-likeness (QED) is 0.553. The number of hydrogen-bond acceptors (Lipinski definition) is 0. The van der Waals surface area contributed by atoms with Gasteiger partial charge in [0.1, 0.15) is 0 Å². The Kier molecular flexibility index (Phi) is 262. The summed E-state index contributed by atoms with van der Waals surface area (Å²) in [6, 6.07) is 0. The maximum absolute atomic E-state index is 0. The van der Waals surface area contributed by atoms with Gasteiger partial charge in [0.05, 0.1) is 0 Å². The minimum Gasteiger partial charge on any atom is -0.269 e. The zero-order valence-electron chi connectivity index (χ0n) is 1.82. The Morgan fingerprint density at radius 1 is 0.500 bits per heavy atom. The Morgan fingerprint density at radius 3 is 0.500 bits per heavy atom. The summed E-state index contributed by atoms with van der Waals surface area (Å²) in [4.78, 5) is 0. The van der Waals surface area contributed by atoms with Gasteiger partial charge in [0.15, 0.2) is 0 Å². The first-order valence-corrected chi connectivity index (χ1v) is 0. The summed E-state index contributed by atoms with van der Waals surface area (Å²) in [5.74, 6) is 0. The molecule has 0 saturated heterocycles. The van der Waals surface area contributed by atoms with Crippen molar-refractivity contribution in [1.82, 2.24) is 0 Å². The third kappa shape index (κ3) is 9.46. The van der Waals surface area contributed by atoms with E-state index in [1.54, 1.807) is 0 Å². The van der Waals surface area contributed by atoms with Crippen LogP contribution in [-0.2, 0) is 52.4 Å². The molecule has 0 spiro atoms. The van der Waals surface area contributed by atoms with Crippen LogP contribution in [0.5, 0.6) is 0 Å². The summed E-state index contributed by atoms with van der Waals surface area (Å²) in [5.41, 5.74) is 0. The second-order valence-electron chi connectivity index (χ2n) is 0. The first kappa shape index (κ1) is 45.5. The van der Waals surface area contributed by atoms with Crippen LogP contribution in [0.15, 0.2) is 0 Å². The van der Waals surface area contributed by atoms with E-state index in [4.69, 9.17) is 0 Å². The molecule has 0 nitrogen and oxygen atoms in total. The minimum absolute atomic E-state index is 0. The fourth-order valence-electron chi connectivity index (χ4n) is 0. The molecule has 0 atom stereocenters. The number of hydrogen-bond donors (Lipinski definition) is 0. The molecule has 0 saturated carbocycles. The summed E-state index contributed by atoms with van der Waals surface area (Å²) in [6.07, 6.45) is 0. The second-order valence-corrected chi connectivity index (χ2v) is 0. The molecule has 0 heterocycles. The van der Waals surface area contributed by atoms with E-state index in [1.807, 2.05) is 0 Å². The first-order valence-electron chi connectivity index (χ1n) is 0. The number of halogens is 2. The van der Waals surface area contributed by atoms with Crippen LogP contribution in [0.2, 0.25) is 0 Å². The topological polar surface area (TPSA) is 0 Å². The molecule has 0 bridgehead atoms. The van der Waals surface area contributed by atoms with E-state index in [0.29, 0.717) is 0 Å². The average Bonchev–Trinajstić information content (AvgIpc) is 0. The van der Waals surface area contributed by atoms with Crippen LogP contribution < -0.4 is 0 Å². The summed E-state index contributed by atoms with van der Waals surface area (Å²) in [7, 11) is 0. The molecule has 0 aliphatic carbocycles. The molecule has 0 rings (SSSR count). The Hall–Kier alpha value is 1.63. The molecular formula is H2F2Zr2. The molecule has 0 fully saturated rings. The molecule has 0 aromatic rings. The monoisotopic (exact) mass is 220 g/mol. The van der Waals surface area contributed by atoms with Gasteiger partial charge in [0, 0.05) is 52.4 Å². The number of rotatable bonds is 0. The molecule has 0 N–H and O–H groups in total. The van der Waals surface area contributed by atoms with E-state index >= 15 is 0 Å². The maximum atomic E-state index is 0. The van der Waals surface area contributed by atoms with E-state index in [2.05, 4.69) is 0 Å². The van der Waals surface area contributed by atoms with Crippen molar-refractivity contribution in [2.75, 3.05) is 0 Å². The van der Waals surface area contributed by atoms with Crippen LogP contribution in [0.4, 0.5) is 9.41 Å². The van der Waals surface area contributed by atoms with Gasteiger partial charge in [-0.25, -0.2) is 0 Å². The van der Waals surface area contributed by atoms with Gasteiger partial charge in [-0.3, -0.25) is 9.41 Å². The van der Waals surface area contributed by atoms with Crippen molar-refractivity contribution in [2.24, 2.45) is 0 Å². The Bertz CT molecular complexity index is 4.00. The summed E-state index contributed by atoms with van der Waals surface area (Å²) < 4.78 is 0. The van der Waals surface area contributed by atoms with E-state index in [0.717, 1.165) is 0 Å². The van der Waals surface area contributed by atoms with Crippen molar-refractivity contribution in [3.05, 3.63) is 0 Å². The smallest absolute Gasteiger partial charge is 0 e. The van der Waals surface area contributed by atoms with Crippen LogP contribution in [0, 0.1) is 0 Å². The molecule has 0 amide bonds. The average molecular weight is 222 g/mol. The molecule has 0 radical (unpaired) electrons. The van der Waals surface area contributed by atoms with Gasteiger partial charge in [-0.1, -0.05) is 0 Å². The third-order valence-corrected chi connectivity index (χ3v) is 0. The summed E-state index contributed by atoms with van der Waals surface area (Å²) in [6.45, 7) is 0. The van der Waals surface area contributed by atoms with Gasteiger partial charge in [0.2, 0.25) is 0 Å². The molecule has 24 valence electrons. The maximum Gasteiger partial charge on any atom is 0 e. The van der Waals surface area contributed by atoms with E-state index in [-0.39, 0.29) is 61.8 Å². The van der Waals surface area contributed by atoms with Gasteiger partial charge in [-0.15, -0.1) is 0 Å². The standard InChI is InChI=1S/2FH.2Zr/h2*1H;;. The Balaban J connectivity index is 0. The van der Waals surface area contributed by atoms with Crippen LogP contribution in [0.3, 0.4) is 0 Å². The second kappa shape index (κ2) is 23.0. The molecule has 4 heavy (non-hydrogen) atoms. The van der Waals surface area contributed by atoms with Gasteiger partial charge in [0.25, 0.3) is 0 Å². The van der Waals surface area contributed by atoms with Crippen molar-refractivity contribution in [1.29, 1.82) is 0 Å². The van der Waals surface area contributed by atoms with Gasteiger partial charge >= 0.3 is 0 Å². The van der Waals surface area contributed by atoms with Gasteiger partial charge < -0.3 is 0 Å². The van der Waals surface area contributed by atoms with Crippen molar-refractivity contribution in [2.45, 2.75) is 0 Å². The predicted molar refractivity (Wildman–Crippen MR) is 5.01 cm³/mol. The van der Waals surface area contributed by atoms with Crippen molar-refractivity contribution >= 4 is 0 Å². The molecule has 0 aliphatic rings. The predicted octanol–water partition coefficient (Wildman–Crippen LogP) is 0.300. The Labute approximate surface area is 61.3 Å².